The molecule has 2 rings (SSSR count). The maximum absolute atomic E-state index is 13.4. The molecule has 1 aliphatic heterocycles. The molecular formula is C31H49N6O9+. The number of benzene rings is 1. The number of primary amides is 1. The first-order valence-electron chi connectivity index (χ1n) is 15.2. The van der Waals surface area contributed by atoms with Gasteiger partial charge in [-0.15, -0.1) is 6.42 Å². The summed E-state index contributed by atoms with van der Waals surface area (Å²) >= 11 is 0. The molecule has 7 atom stereocenters. The van der Waals surface area contributed by atoms with E-state index < -0.39 is 66.4 Å². The zero-order valence-electron chi connectivity index (χ0n) is 26.8. The Morgan fingerprint density at radius 1 is 1.07 bits per heavy atom. The SMILES string of the molecule is C#CC[N+](C)(C)Cc1ccc(NC(=O)[C@H](CCCNC(N)=O)NC(=O)[C@@H](N)C(C)C)cc1CC[C@@H]1O[C@H](C(=O)O)[C@@H](O)[C@H](O)[C@H]1O. The highest BCUT2D eigenvalue weighted by molar-refractivity contribution is 5.98. The topological polar surface area (TPSA) is 247 Å². The lowest BCUT2D eigenvalue weighted by atomic mass is 9.90. The second kappa shape index (κ2) is 17.2. The number of carbonyl (C=O) groups excluding carboxylic acids is 3. The molecule has 0 radical (unpaired) electrons. The van der Waals surface area contributed by atoms with E-state index in [0.717, 1.165) is 11.1 Å². The molecule has 1 aromatic rings. The van der Waals surface area contributed by atoms with Gasteiger partial charge in [-0.05, 0) is 55.2 Å². The Hall–Kier alpha value is -3.78. The Bertz CT molecular complexity index is 1270. The number of terminal acetylenes is 1. The highest BCUT2D eigenvalue weighted by Crippen LogP contribution is 2.27. The minimum Gasteiger partial charge on any atom is -0.479 e. The fourth-order valence-corrected chi connectivity index (χ4v) is 5.13. The molecule has 256 valence electrons. The van der Waals surface area contributed by atoms with E-state index in [0.29, 0.717) is 29.7 Å². The van der Waals surface area contributed by atoms with Crippen LogP contribution in [-0.2, 0) is 32.1 Å². The first-order valence-corrected chi connectivity index (χ1v) is 15.2. The summed E-state index contributed by atoms with van der Waals surface area (Å²) in [5, 5.41) is 48.2. The van der Waals surface area contributed by atoms with Crippen LogP contribution in [0.2, 0.25) is 0 Å². The number of urea groups is 1. The number of aryl methyl sites for hydroxylation is 1. The molecule has 0 spiro atoms. The zero-order chi connectivity index (χ0) is 34.8. The molecule has 15 nitrogen and oxygen atoms in total. The average molecular weight is 650 g/mol. The first-order chi connectivity index (χ1) is 21.5. The summed E-state index contributed by atoms with van der Waals surface area (Å²) in [5.74, 6) is -0.00560. The van der Waals surface area contributed by atoms with Crippen molar-refractivity contribution in [2.45, 2.75) is 88.7 Å². The number of carbonyl (C=O) groups is 4. The second-order valence-corrected chi connectivity index (χ2v) is 12.6. The van der Waals surface area contributed by atoms with E-state index in [-0.39, 0.29) is 31.7 Å². The molecule has 11 N–H and O–H groups in total. The quantitative estimate of drug-likeness (QED) is 0.0577. The monoisotopic (exact) mass is 649 g/mol. The smallest absolute Gasteiger partial charge is 0.335 e. The third kappa shape index (κ3) is 11.2. The number of hydrogen-bond donors (Lipinski definition) is 9. The number of nitrogens with two attached hydrogens (primary N) is 2. The Labute approximate surface area is 269 Å². The van der Waals surface area contributed by atoms with Crippen molar-refractivity contribution in [1.29, 1.82) is 0 Å². The Morgan fingerprint density at radius 2 is 1.74 bits per heavy atom. The minimum atomic E-state index is -1.80. The number of aliphatic carboxylic acids is 1. The molecule has 1 heterocycles. The number of nitrogens with one attached hydrogen (secondary N) is 3. The van der Waals surface area contributed by atoms with Crippen LogP contribution in [-0.4, -0.2) is 119 Å². The highest BCUT2D eigenvalue weighted by atomic mass is 16.6. The normalized spacial score (nSPS) is 22.7. The van der Waals surface area contributed by atoms with Gasteiger partial charge in [-0.2, -0.15) is 0 Å². The molecule has 1 fully saturated rings. The third-order valence-electron chi connectivity index (χ3n) is 7.87. The van der Waals surface area contributed by atoms with Crippen LogP contribution in [0.5, 0.6) is 0 Å². The molecule has 0 aliphatic carbocycles. The minimum absolute atomic E-state index is 0.0837. The molecule has 0 bridgehead atoms. The predicted molar refractivity (Wildman–Crippen MR) is 169 cm³/mol. The highest BCUT2D eigenvalue weighted by Gasteiger charge is 2.46. The summed E-state index contributed by atoms with van der Waals surface area (Å²) in [6.07, 6.45) is -1.45. The molecule has 0 unspecified atom stereocenters. The maximum Gasteiger partial charge on any atom is 0.335 e. The largest absolute Gasteiger partial charge is 0.479 e. The average Bonchev–Trinajstić information content (AvgIpc) is 2.97. The lowest BCUT2D eigenvalue weighted by molar-refractivity contribution is -0.896. The number of quaternary nitrogens is 1. The number of ether oxygens (including phenoxy) is 1. The van der Waals surface area contributed by atoms with E-state index in [2.05, 4.69) is 21.9 Å². The molecule has 4 amide bonds. The van der Waals surface area contributed by atoms with Gasteiger partial charge in [-0.1, -0.05) is 19.9 Å². The Morgan fingerprint density at radius 3 is 2.33 bits per heavy atom. The van der Waals surface area contributed by atoms with Gasteiger partial charge in [0.05, 0.1) is 26.2 Å². The van der Waals surface area contributed by atoms with Crippen molar-refractivity contribution in [2.75, 3.05) is 32.5 Å². The molecule has 1 aliphatic rings. The van der Waals surface area contributed by atoms with Gasteiger partial charge >= 0.3 is 12.0 Å². The number of anilines is 1. The predicted octanol–water partition coefficient (Wildman–Crippen LogP) is -1.38. The fraction of sp³-hybridized carbons (Fsp3) is 0.613. The van der Waals surface area contributed by atoms with Gasteiger partial charge in [0.25, 0.3) is 0 Å². The van der Waals surface area contributed by atoms with E-state index in [1.807, 2.05) is 20.2 Å². The van der Waals surface area contributed by atoms with Crippen molar-refractivity contribution in [2.24, 2.45) is 17.4 Å². The van der Waals surface area contributed by atoms with Gasteiger partial charge in [0, 0.05) is 17.8 Å². The molecule has 46 heavy (non-hydrogen) atoms. The van der Waals surface area contributed by atoms with Crippen molar-refractivity contribution in [3.8, 4) is 12.3 Å². The lowest BCUT2D eigenvalue weighted by Crippen LogP contribution is -2.59. The van der Waals surface area contributed by atoms with Gasteiger partial charge in [0.1, 0.15) is 37.4 Å². The van der Waals surface area contributed by atoms with Crippen molar-refractivity contribution in [1.82, 2.24) is 10.6 Å². The summed E-state index contributed by atoms with van der Waals surface area (Å²) in [5.41, 5.74) is 13.1. The Balaban J connectivity index is 2.33. The number of aliphatic hydroxyl groups is 3. The van der Waals surface area contributed by atoms with Crippen LogP contribution in [0, 0.1) is 18.3 Å². The van der Waals surface area contributed by atoms with Crippen molar-refractivity contribution in [3.63, 3.8) is 0 Å². The van der Waals surface area contributed by atoms with Crippen molar-refractivity contribution < 1.29 is 48.8 Å². The number of aliphatic hydroxyl groups excluding tert-OH is 3. The van der Waals surface area contributed by atoms with Gasteiger partial charge in [-0.25, -0.2) is 9.59 Å². The molecule has 0 saturated carbocycles. The van der Waals surface area contributed by atoms with E-state index in [1.165, 1.54) is 0 Å². The number of carboxylic acids is 1. The number of rotatable bonds is 16. The van der Waals surface area contributed by atoms with Crippen LogP contribution in [0.3, 0.4) is 0 Å². The molecule has 1 saturated heterocycles. The molecule has 0 aromatic heterocycles. The van der Waals surface area contributed by atoms with Gasteiger partial charge < -0.3 is 57.1 Å². The van der Waals surface area contributed by atoms with E-state index in [1.54, 1.807) is 26.0 Å². The van der Waals surface area contributed by atoms with Gasteiger partial charge in [0.2, 0.25) is 11.8 Å². The summed E-state index contributed by atoms with van der Waals surface area (Å²) in [6, 6.07) is 2.72. The maximum atomic E-state index is 13.4. The number of nitrogens with zero attached hydrogens (tertiary/aromatic N) is 1. The van der Waals surface area contributed by atoms with Crippen LogP contribution in [0.15, 0.2) is 18.2 Å². The summed E-state index contributed by atoms with van der Waals surface area (Å²) in [4.78, 5) is 48.8. The second-order valence-electron chi connectivity index (χ2n) is 12.6. The third-order valence-corrected chi connectivity index (χ3v) is 7.87. The van der Waals surface area contributed by atoms with Gasteiger partial charge in [0.15, 0.2) is 6.10 Å². The van der Waals surface area contributed by atoms with Gasteiger partial charge in [-0.3, -0.25) is 9.59 Å². The number of carboxylic acid groups (broad SMARTS) is 1. The van der Waals surface area contributed by atoms with Crippen LogP contribution >= 0.6 is 0 Å². The van der Waals surface area contributed by atoms with Crippen LogP contribution in [0.1, 0.15) is 44.2 Å². The molecular weight excluding hydrogens is 600 g/mol. The van der Waals surface area contributed by atoms with Crippen molar-refractivity contribution >= 4 is 29.5 Å². The standard InChI is InChI=1S/C31H48N6O9/c1-6-14-37(4,5)16-19-9-11-20(15-18(19)10-12-22-24(38)25(39)26(40)27(46-22)30(43)44)35-28(41)21(8-7-13-34-31(33)45)36-29(42)23(32)17(2)3/h1,9,11,15,17,21-27,38-40H,7-8,10,12-14,16,32H2,2-5H3,(H5-,33,34,35,36,41,42,43,44,45)/p+1/t21-,22-,23-,24-,25+,26-,27-/m0/s1. The van der Waals surface area contributed by atoms with E-state index >= 15 is 0 Å². The van der Waals surface area contributed by atoms with Crippen LogP contribution < -0.4 is 27.4 Å². The summed E-state index contributed by atoms with van der Waals surface area (Å²) in [7, 11) is 3.90. The van der Waals surface area contributed by atoms with E-state index in [4.69, 9.17) is 22.6 Å². The van der Waals surface area contributed by atoms with Crippen LogP contribution in [0.4, 0.5) is 10.5 Å². The van der Waals surface area contributed by atoms with E-state index in [9.17, 15) is 39.6 Å². The first kappa shape index (κ1) is 38.4. The molecule has 15 heteroatoms. The number of amides is 4. The Kier molecular flexibility index (Phi) is 14.4. The lowest BCUT2D eigenvalue weighted by Gasteiger charge is -2.39. The number of hydrogen-bond acceptors (Lipinski definition) is 9. The summed E-state index contributed by atoms with van der Waals surface area (Å²) < 4.78 is 5.90. The summed E-state index contributed by atoms with van der Waals surface area (Å²) in [6.45, 7) is 4.69. The fourth-order valence-electron chi connectivity index (χ4n) is 5.13. The van der Waals surface area contributed by atoms with Crippen molar-refractivity contribution in [3.05, 3.63) is 29.3 Å². The zero-order valence-corrected chi connectivity index (χ0v) is 26.8. The molecule has 1 aromatic carbocycles. The van der Waals surface area contributed by atoms with Crippen LogP contribution in [0.25, 0.3) is 0 Å².